The predicted octanol–water partition coefficient (Wildman–Crippen LogP) is 3.37. The number of aliphatic imine (C=N–C) groups is 1. The van der Waals surface area contributed by atoms with E-state index in [0.717, 1.165) is 6.20 Å². The molecule has 27 heavy (non-hydrogen) atoms. The smallest absolute Gasteiger partial charge is 0.377 e. The van der Waals surface area contributed by atoms with Crippen LogP contribution in [-0.4, -0.2) is 50.1 Å². The number of nitrogens with one attached hydrogen (secondary N) is 1. The maximum atomic E-state index is 12.9. The van der Waals surface area contributed by atoms with Crippen molar-refractivity contribution in [3.05, 3.63) is 47.2 Å². The Morgan fingerprint density at radius 1 is 1.19 bits per heavy atom. The fourth-order valence-corrected chi connectivity index (χ4v) is 3.14. The molecule has 1 aromatic rings. The molecule has 1 aliphatic rings. The molecular weight excluding hydrogens is 393 g/mol. The van der Waals surface area contributed by atoms with E-state index < -0.39 is 28.5 Å². The molecule has 0 aliphatic carbocycles. The SMILES string of the molecule is CCS(=O)(=O)C1=CC=CCN=C1c1ccc(NCC(F)(F)C(F)(F)F)cn1. The van der Waals surface area contributed by atoms with Crippen LogP contribution in [0, 0.1) is 0 Å². The minimum absolute atomic E-state index is 0.0319. The Bertz CT molecular complexity index is 872. The summed E-state index contributed by atoms with van der Waals surface area (Å²) in [6.07, 6.45) is -0.0353. The molecule has 2 heterocycles. The third-order valence-corrected chi connectivity index (χ3v) is 5.38. The van der Waals surface area contributed by atoms with E-state index in [1.54, 1.807) is 12.2 Å². The van der Waals surface area contributed by atoms with Crippen LogP contribution in [0.3, 0.4) is 0 Å². The molecule has 0 saturated heterocycles. The number of alkyl halides is 5. The molecule has 1 aromatic heterocycles. The third kappa shape index (κ3) is 4.90. The first kappa shape index (κ1) is 21.0. The average Bonchev–Trinajstić information content (AvgIpc) is 2.86. The van der Waals surface area contributed by atoms with E-state index in [1.165, 1.54) is 25.1 Å². The van der Waals surface area contributed by atoms with Gasteiger partial charge in [-0.2, -0.15) is 22.0 Å². The van der Waals surface area contributed by atoms with E-state index >= 15 is 0 Å². The summed E-state index contributed by atoms with van der Waals surface area (Å²) >= 11 is 0. The molecule has 0 radical (unpaired) electrons. The Balaban J connectivity index is 2.23. The van der Waals surface area contributed by atoms with Crippen molar-refractivity contribution >= 4 is 21.2 Å². The molecule has 0 unspecified atom stereocenters. The first-order valence-electron chi connectivity index (χ1n) is 7.77. The van der Waals surface area contributed by atoms with Crippen LogP contribution in [-0.2, 0) is 9.84 Å². The van der Waals surface area contributed by atoms with Crippen molar-refractivity contribution in [2.45, 2.75) is 19.0 Å². The Morgan fingerprint density at radius 3 is 2.44 bits per heavy atom. The van der Waals surface area contributed by atoms with Gasteiger partial charge >= 0.3 is 12.1 Å². The Labute approximate surface area is 152 Å². The molecule has 2 rings (SSSR count). The van der Waals surface area contributed by atoms with E-state index in [2.05, 4.69) is 9.98 Å². The first-order chi connectivity index (χ1) is 12.5. The molecule has 0 bridgehead atoms. The maximum absolute atomic E-state index is 12.9. The summed E-state index contributed by atoms with van der Waals surface area (Å²) in [7, 11) is -3.60. The van der Waals surface area contributed by atoms with E-state index in [9.17, 15) is 30.4 Å². The molecule has 5 nitrogen and oxygen atoms in total. The van der Waals surface area contributed by atoms with Gasteiger partial charge < -0.3 is 5.32 Å². The zero-order valence-corrected chi connectivity index (χ0v) is 14.9. The molecule has 1 aliphatic heterocycles. The predicted molar refractivity (Wildman–Crippen MR) is 91.8 cm³/mol. The minimum Gasteiger partial charge on any atom is -0.377 e. The van der Waals surface area contributed by atoms with Crippen LogP contribution >= 0.6 is 0 Å². The third-order valence-electron chi connectivity index (χ3n) is 3.62. The van der Waals surface area contributed by atoms with Crippen LogP contribution in [0.5, 0.6) is 0 Å². The maximum Gasteiger partial charge on any atom is 0.455 e. The highest BCUT2D eigenvalue weighted by Gasteiger charge is 2.57. The van der Waals surface area contributed by atoms with Crippen molar-refractivity contribution in [2.24, 2.45) is 4.99 Å². The number of hydrogen-bond donors (Lipinski definition) is 1. The zero-order chi connectivity index (χ0) is 20.3. The van der Waals surface area contributed by atoms with Gasteiger partial charge in [0.05, 0.1) is 41.3 Å². The summed E-state index contributed by atoms with van der Waals surface area (Å²) in [6, 6.07) is 2.53. The number of allylic oxidation sites excluding steroid dienone is 3. The first-order valence-corrected chi connectivity index (χ1v) is 9.42. The molecule has 0 atom stereocenters. The second-order valence-electron chi connectivity index (χ2n) is 5.54. The number of sulfone groups is 1. The van der Waals surface area contributed by atoms with Crippen LogP contribution in [0.4, 0.5) is 27.6 Å². The fraction of sp³-hybridized carbons (Fsp3) is 0.375. The second-order valence-corrected chi connectivity index (χ2v) is 7.79. The van der Waals surface area contributed by atoms with E-state index in [1.807, 2.05) is 5.32 Å². The number of halogens is 5. The zero-order valence-electron chi connectivity index (χ0n) is 14.1. The summed E-state index contributed by atoms with van der Waals surface area (Å²) in [5.41, 5.74) is 0.197. The van der Waals surface area contributed by atoms with Crippen molar-refractivity contribution in [1.82, 2.24) is 4.98 Å². The lowest BCUT2D eigenvalue weighted by Gasteiger charge is -2.20. The minimum atomic E-state index is -5.66. The number of hydrogen-bond acceptors (Lipinski definition) is 5. The Kier molecular flexibility index (Phi) is 6.03. The molecular formula is C16H16F5N3O2S. The van der Waals surface area contributed by atoms with Crippen molar-refractivity contribution in [3.63, 3.8) is 0 Å². The lowest BCUT2D eigenvalue weighted by molar-refractivity contribution is -0.275. The normalized spacial score (nSPS) is 15.8. The van der Waals surface area contributed by atoms with E-state index in [0.29, 0.717) is 0 Å². The van der Waals surface area contributed by atoms with Gasteiger partial charge in [0.1, 0.15) is 5.71 Å². The summed E-state index contributed by atoms with van der Waals surface area (Å²) in [6.45, 7) is 0.0511. The van der Waals surface area contributed by atoms with Crippen LogP contribution in [0.25, 0.3) is 0 Å². The van der Waals surface area contributed by atoms with Crippen molar-refractivity contribution < 1.29 is 30.4 Å². The number of pyridine rings is 1. The molecule has 148 valence electrons. The fourth-order valence-electron chi connectivity index (χ4n) is 2.08. The van der Waals surface area contributed by atoms with Crippen LogP contribution in [0.2, 0.25) is 0 Å². The van der Waals surface area contributed by atoms with Gasteiger partial charge in [-0.3, -0.25) is 9.98 Å². The van der Waals surface area contributed by atoms with Crippen LogP contribution in [0.1, 0.15) is 12.6 Å². The number of nitrogens with zero attached hydrogens (tertiary/aromatic N) is 2. The summed E-state index contributed by atoms with van der Waals surface area (Å²) in [5, 5.41) is 1.97. The Morgan fingerprint density at radius 2 is 1.89 bits per heavy atom. The summed E-state index contributed by atoms with van der Waals surface area (Å²) in [5.74, 6) is -5.05. The molecule has 0 fully saturated rings. The van der Waals surface area contributed by atoms with Crippen molar-refractivity contribution in [3.8, 4) is 0 Å². The molecule has 0 amide bonds. The molecule has 1 N–H and O–H groups in total. The highest BCUT2D eigenvalue weighted by molar-refractivity contribution is 7.96. The number of anilines is 1. The van der Waals surface area contributed by atoms with Gasteiger partial charge in [-0.15, -0.1) is 0 Å². The number of rotatable bonds is 6. The van der Waals surface area contributed by atoms with Crippen LogP contribution < -0.4 is 5.32 Å². The second kappa shape index (κ2) is 7.75. The summed E-state index contributed by atoms with van der Waals surface area (Å²) in [4.78, 5) is 8.09. The average molecular weight is 409 g/mol. The van der Waals surface area contributed by atoms with E-state index in [-0.39, 0.29) is 34.3 Å². The molecule has 0 spiro atoms. The van der Waals surface area contributed by atoms with Crippen molar-refractivity contribution in [2.75, 3.05) is 24.2 Å². The van der Waals surface area contributed by atoms with Gasteiger partial charge in [0.2, 0.25) is 0 Å². The standard InChI is InChI=1S/C16H16F5N3O2S/c1-2-27(25,26)13-5-3-4-8-22-14(13)12-7-6-11(9-23-12)24-10-15(17,18)16(19,20)21/h3-7,9,24H,2,8,10H2,1H3. The monoisotopic (exact) mass is 409 g/mol. The van der Waals surface area contributed by atoms with Gasteiger partial charge in [-0.1, -0.05) is 19.1 Å². The van der Waals surface area contributed by atoms with Gasteiger partial charge in [0.15, 0.2) is 9.84 Å². The molecule has 11 heteroatoms. The van der Waals surface area contributed by atoms with E-state index in [4.69, 9.17) is 0 Å². The van der Waals surface area contributed by atoms with Crippen molar-refractivity contribution in [1.29, 1.82) is 0 Å². The highest BCUT2D eigenvalue weighted by atomic mass is 32.2. The lowest BCUT2D eigenvalue weighted by atomic mass is 10.2. The lowest BCUT2D eigenvalue weighted by Crippen LogP contribution is -2.42. The highest BCUT2D eigenvalue weighted by Crippen LogP contribution is 2.35. The largest absolute Gasteiger partial charge is 0.455 e. The van der Waals surface area contributed by atoms with Gasteiger partial charge in [-0.25, -0.2) is 8.42 Å². The Hall–Kier alpha value is -2.30. The van der Waals surface area contributed by atoms with Gasteiger partial charge in [0.25, 0.3) is 0 Å². The summed E-state index contributed by atoms with van der Waals surface area (Å²) < 4.78 is 86.9. The van der Waals surface area contributed by atoms with Gasteiger partial charge in [-0.05, 0) is 18.2 Å². The quantitative estimate of drug-likeness (QED) is 0.732. The molecule has 0 saturated carbocycles. The van der Waals surface area contributed by atoms with Crippen LogP contribution in [0.15, 0.2) is 46.5 Å². The molecule has 0 aromatic carbocycles. The number of aromatic nitrogens is 1. The topological polar surface area (TPSA) is 71.4 Å². The van der Waals surface area contributed by atoms with Gasteiger partial charge in [0, 0.05) is 0 Å².